The molecule has 2 fully saturated rings. The summed E-state index contributed by atoms with van der Waals surface area (Å²) >= 11 is 0. The van der Waals surface area contributed by atoms with Crippen molar-refractivity contribution >= 4 is 5.91 Å². The van der Waals surface area contributed by atoms with E-state index in [1.807, 2.05) is 0 Å². The fourth-order valence-corrected chi connectivity index (χ4v) is 3.90. The molecule has 0 aromatic carbocycles. The van der Waals surface area contributed by atoms with Crippen molar-refractivity contribution in [2.45, 2.75) is 77.6 Å². The van der Waals surface area contributed by atoms with Gasteiger partial charge in [-0.3, -0.25) is 4.79 Å². The number of amides is 1. The fraction of sp³-hybridized carbons (Fsp3) is 0.889. The predicted octanol–water partition coefficient (Wildman–Crippen LogP) is 4.18. The van der Waals surface area contributed by atoms with Crippen molar-refractivity contribution in [1.82, 2.24) is 5.32 Å². The number of nitrogens with zero attached hydrogens (tertiary/aromatic N) is 1. The van der Waals surface area contributed by atoms with Crippen LogP contribution in [0.25, 0.3) is 0 Å². The molecule has 0 bridgehead atoms. The summed E-state index contributed by atoms with van der Waals surface area (Å²) in [6.45, 7) is 3.09. The van der Waals surface area contributed by atoms with Crippen LogP contribution in [0.2, 0.25) is 0 Å². The molecule has 0 radical (unpaired) electrons. The first-order valence-electron chi connectivity index (χ1n) is 8.86. The third kappa shape index (κ3) is 4.46. The number of hydrogen-bond donors (Lipinski definition) is 1. The normalized spacial score (nSPS) is 29.1. The third-order valence-corrected chi connectivity index (χ3v) is 5.58. The van der Waals surface area contributed by atoms with Crippen LogP contribution in [0.15, 0.2) is 0 Å². The van der Waals surface area contributed by atoms with E-state index in [4.69, 9.17) is 0 Å². The van der Waals surface area contributed by atoms with Crippen LogP contribution in [0.1, 0.15) is 77.6 Å². The third-order valence-electron chi connectivity index (χ3n) is 5.58. The monoisotopic (exact) mass is 290 g/mol. The summed E-state index contributed by atoms with van der Waals surface area (Å²) in [5.41, 5.74) is -0.739. The number of nitrogens with one attached hydrogen (secondary N) is 1. The van der Waals surface area contributed by atoms with E-state index in [1.54, 1.807) is 0 Å². The average molecular weight is 290 g/mol. The number of nitriles is 1. The molecule has 0 heterocycles. The minimum atomic E-state index is -0.739. The van der Waals surface area contributed by atoms with Crippen molar-refractivity contribution < 1.29 is 4.79 Å². The van der Waals surface area contributed by atoms with Gasteiger partial charge in [0, 0.05) is 6.54 Å². The summed E-state index contributed by atoms with van der Waals surface area (Å²) in [7, 11) is 0. The Balaban J connectivity index is 1.76. The van der Waals surface area contributed by atoms with Gasteiger partial charge in [0.1, 0.15) is 5.41 Å². The van der Waals surface area contributed by atoms with Gasteiger partial charge in [0.2, 0.25) is 5.91 Å². The van der Waals surface area contributed by atoms with Gasteiger partial charge in [-0.15, -0.1) is 0 Å². The van der Waals surface area contributed by atoms with Gasteiger partial charge in [0.05, 0.1) is 6.07 Å². The highest BCUT2D eigenvalue weighted by atomic mass is 16.2. The van der Waals surface area contributed by atoms with E-state index in [0.29, 0.717) is 0 Å². The lowest BCUT2D eigenvalue weighted by atomic mass is 9.80. The highest BCUT2D eigenvalue weighted by Crippen LogP contribution is 2.35. The first kappa shape index (κ1) is 16.3. The molecule has 2 aliphatic carbocycles. The Morgan fingerprint density at radius 1 is 1.14 bits per heavy atom. The lowest BCUT2D eigenvalue weighted by Gasteiger charge is -2.27. The fourth-order valence-electron chi connectivity index (χ4n) is 3.90. The van der Waals surface area contributed by atoms with Gasteiger partial charge in [-0.25, -0.2) is 0 Å². The standard InChI is InChI=1S/C18H30N2O/c1-15-6-8-16(9-7-15)10-13-20-17(21)18(14-19)11-4-2-3-5-12-18/h15-16H,2-13H2,1H3,(H,20,21). The molecule has 21 heavy (non-hydrogen) atoms. The van der Waals surface area contributed by atoms with Crippen molar-refractivity contribution in [1.29, 1.82) is 5.26 Å². The van der Waals surface area contributed by atoms with E-state index >= 15 is 0 Å². The minimum absolute atomic E-state index is 0.00363. The highest BCUT2D eigenvalue weighted by molar-refractivity contribution is 5.85. The summed E-state index contributed by atoms with van der Waals surface area (Å²) < 4.78 is 0. The summed E-state index contributed by atoms with van der Waals surface area (Å²) in [5.74, 6) is 1.65. The lowest BCUT2D eigenvalue weighted by Crippen LogP contribution is -2.40. The molecule has 2 saturated carbocycles. The topological polar surface area (TPSA) is 52.9 Å². The number of rotatable bonds is 4. The maximum absolute atomic E-state index is 12.5. The van der Waals surface area contributed by atoms with E-state index in [2.05, 4.69) is 18.3 Å². The first-order valence-corrected chi connectivity index (χ1v) is 8.86. The first-order chi connectivity index (χ1) is 10.2. The van der Waals surface area contributed by atoms with E-state index in [1.165, 1.54) is 25.7 Å². The summed E-state index contributed by atoms with van der Waals surface area (Å²) in [4.78, 5) is 12.5. The molecule has 1 N–H and O–H groups in total. The molecule has 0 aromatic rings. The molecule has 3 nitrogen and oxygen atoms in total. The lowest BCUT2D eigenvalue weighted by molar-refractivity contribution is -0.128. The summed E-state index contributed by atoms with van der Waals surface area (Å²) in [6, 6.07) is 2.34. The van der Waals surface area contributed by atoms with Gasteiger partial charge < -0.3 is 5.32 Å². The molecule has 3 heteroatoms. The molecule has 0 atom stereocenters. The van der Waals surface area contributed by atoms with Crippen LogP contribution in [0.4, 0.5) is 0 Å². The molecule has 0 aliphatic heterocycles. The van der Waals surface area contributed by atoms with E-state index in [9.17, 15) is 10.1 Å². The molecule has 2 rings (SSSR count). The van der Waals surface area contributed by atoms with Crippen LogP contribution in [0.5, 0.6) is 0 Å². The Morgan fingerprint density at radius 3 is 2.33 bits per heavy atom. The second-order valence-corrected chi connectivity index (χ2v) is 7.28. The second kappa shape index (κ2) is 7.82. The Bertz CT molecular complexity index is 369. The molecule has 0 spiro atoms. The number of hydrogen-bond acceptors (Lipinski definition) is 2. The van der Waals surface area contributed by atoms with Crippen molar-refractivity contribution in [2.75, 3.05) is 6.54 Å². The predicted molar refractivity (Wildman–Crippen MR) is 84.5 cm³/mol. The summed E-state index contributed by atoms with van der Waals surface area (Å²) in [6.07, 6.45) is 12.2. The highest BCUT2D eigenvalue weighted by Gasteiger charge is 2.38. The zero-order chi connectivity index (χ0) is 15.1. The quantitative estimate of drug-likeness (QED) is 0.789. The van der Waals surface area contributed by atoms with Gasteiger partial charge in [-0.1, -0.05) is 58.3 Å². The Labute approximate surface area is 129 Å². The molecule has 0 aromatic heterocycles. The molecule has 0 saturated heterocycles. The molecular weight excluding hydrogens is 260 g/mol. The maximum atomic E-state index is 12.5. The van der Waals surface area contributed by atoms with Gasteiger partial charge in [0.25, 0.3) is 0 Å². The maximum Gasteiger partial charge on any atom is 0.240 e. The SMILES string of the molecule is CC1CCC(CCNC(=O)C2(C#N)CCCCCC2)CC1. The zero-order valence-electron chi connectivity index (χ0n) is 13.5. The van der Waals surface area contributed by atoms with Gasteiger partial charge in [-0.05, 0) is 31.1 Å². The average Bonchev–Trinajstić information content (AvgIpc) is 2.75. The largest absolute Gasteiger partial charge is 0.355 e. The van der Waals surface area contributed by atoms with Crippen molar-refractivity contribution in [3.63, 3.8) is 0 Å². The molecule has 1 amide bonds. The Morgan fingerprint density at radius 2 is 1.76 bits per heavy atom. The van der Waals surface area contributed by atoms with Crippen LogP contribution < -0.4 is 5.32 Å². The van der Waals surface area contributed by atoms with E-state index < -0.39 is 5.41 Å². The van der Waals surface area contributed by atoms with E-state index in [-0.39, 0.29) is 5.91 Å². The second-order valence-electron chi connectivity index (χ2n) is 7.28. The van der Waals surface area contributed by atoms with E-state index in [0.717, 1.165) is 63.3 Å². The van der Waals surface area contributed by atoms with Gasteiger partial charge in [0.15, 0.2) is 0 Å². The minimum Gasteiger partial charge on any atom is -0.355 e. The zero-order valence-corrected chi connectivity index (χ0v) is 13.5. The molecule has 0 unspecified atom stereocenters. The van der Waals surface area contributed by atoms with Gasteiger partial charge >= 0.3 is 0 Å². The van der Waals surface area contributed by atoms with Crippen LogP contribution in [0.3, 0.4) is 0 Å². The summed E-state index contributed by atoms with van der Waals surface area (Å²) in [5, 5.41) is 12.6. The van der Waals surface area contributed by atoms with Crippen LogP contribution in [0, 0.1) is 28.6 Å². The van der Waals surface area contributed by atoms with Crippen LogP contribution in [-0.2, 0) is 4.79 Å². The molecular formula is C18H30N2O. The smallest absolute Gasteiger partial charge is 0.240 e. The molecule has 118 valence electrons. The van der Waals surface area contributed by atoms with Crippen molar-refractivity contribution in [2.24, 2.45) is 17.3 Å². The Hall–Kier alpha value is -1.04. The van der Waals surface area contributed by atoms with Gasteiger partial charge in [-0.2, -0.15) is 5.26 Å². The number of carbonyl (C=O) groups is 1. The number of carbonyl (C=O) groups excluding carboxylic acids is 1. The van der Waals surface area contributed by atoms with Crippen molar-refractivity contribution in [3.05, 3.63) is 0 Å². The van der Waals surface area contributed by atoms with Crippen LogP contribution in [-0.4, -0.2) is 12.5 Å². The van der Waals surface area contributed by atoms with Crippen LogP contribution >= 0.6 is 0 Å². The molecule has 2 aliphatic rings. The Kier molecular flexibility index (Phi) is 6.08. The van der Waals surface area contributed by atoms with Crippen molar-refractivity contribution in [3.8, 4) is 6.07 Å².